The molecular formula is C22H23ClN4O3. The van der Waals surface area contributed by atoms with Crippen molar-refractivity contribution in [3.05, 3.63) is 70.5 Å². The molecule has 1 aromatic carbocycles. The molecule has 30 heavy (non-hydrogen) atoms. The summed E-state index contributed by atoms with van der Waals surface area (Å²) in [4.78, 5) is 32.3. The van der Waals surface area contributed by atoms with Gasteiger partial charge in [0, 0.05) is 54.7 Å². The highest BCUT2D eigenvalue weighted by Crippen LogP contribution is 2.24. The van der Waals surface area contributed by atoms with Gasteiger partial charge in [0.2, 0.25) is 0 Å². The zero-order valence-corrected chi connectivity index (χ0v) is 17.3. The summed E-state index contributed by atoms with van der Waals surface area (Å²) in [5.74, 6) is -0.777. The fourth-order valence-corrected chi connectivity index (χ4v) is 3.27. The number of pyridine rings is 1. The van der Waals surface area contributed by atoms with Crippen molar-refractivity contribution in [3.8, 4) is 0 Å². The number of hydroxylamine groups is 1. The Morgan fingerprint density at radius 3 is 2.53 bits per heavy atom. The Morgan fingerprint density at radius 2 is 1.87 bits per heavy atom. The van der Waals surface area contributed by atoms with Crippen molar-refractivity contribution in [2.75, 3.05) is 38.1 Å². The van der Waals surface area contributed by atoms with Crippen molar-refractivity contribution < 1.29 is 14.8 Å². The second kappa shape index (κ2) is 10.2. The molecule has 0 bridgehead atoms. The first kappa shape index (κ1) is 21.7. The van der Waals surface area contributed by atoms with Gasteiger partial charge in [0.05, 0.1) is 5.69 Å². The van der Waals surface area contributed by atoms with Crippen LogP contribution in [-0.4, -0.2) is 60.0 Å². The first-order valence-electron chi connectivity index (χ1n) is 9.49. The van der Waals surface area contributed by atoms with Crippen LogP contribution < -0.4 is 10.4 Å². The van der Waals surface area contributed by atoms with Gasteiger partial charge in [-0.15, -0.1) is 0 Å². The average molecular weight is 427 g/mol. The normalized spacial score (nSPS) is 15.1. The number of carbonyl (C=O) groups is 2. The highest BCUT2D eigenvalue weighted by molar-refractivity contribution is 6.31. The van der Waals surface area contributed by atoms with E-state index in [-0.39, 0.29) is 5.78 Å². The summed E-state index contributed by atoms with van der Waals surface area (Å²) in [6.45, 7) is 3.73. The summed E-state index contributed by atoms with van der Waals surface area (Å²) in [6.07, 6.45) is 7.40. The third-order valence-electron chi connectivity index (χ3n) is 4.79. The number of piperazine rings is 1. The molecule has 156 valence electrons. The summed E-state index contributed by atoms with van der Waals surface area (Å²) >= 11 is 6.27. The van der Waals surface area contributed by atoms with E-state index in [0.29, 0.717) is 16.3 Å². The van der Waals surface area contributed by atoms with Crippen LogP contribution in [0, 0.1) is 0 Å². The minimum atomic E-state index is -0.635. The van der Waals surface area contributed by atoms with Crippen LogP contribution in [0.1, 0.15) is 21.6 Å². The Hall–Kier alpha value is -3.00. The molecule has 1 saturated heterocycles. The largest absolute Gasteiger partial charge is 0.369 e. The van der Waals surface area contributed by atoms with Gasteiger partial charge < -0.3 is 9.80 Å². The van der Waals surface area contributed by atoms with Crippen LogP contribution in [-0.2, 0) is 4.79 Å². The first-order chi connectivity index (χ1) is 14.4. The minimum Gasteiger partial charge on any atom is -0.369 e. The van der Waals surface area contributed by atoms with Crippen LogP contribution in [0.15, 0.2) is 48.7 Å². The summed E-state index contributed by atoms with van der Waals surface area (Å²) in [6, 6.07) is 8.92. The monoisotopic (exact) mass is 426 g/mol. The molecule has 0 saturated carbocycles. The zero-order chi connectivity index (χ0) is 21.5. The van der Waals surface area contributed by atoms with E-state index in [9.17, 15) is 9.59 Å². The number of ketones is 1. The number of hydrogen-bond acceptors (Lipinski definition) is 6. The van der Waals surface area contributed by atoms with Crippen molar-refractivity contribution in [1.82, 2.24) is 15.4 Å². The molecule has 0 atom stereocenters. The Balaban J connectivity index is 1.69. The lowest BCUT2D eigenvalue weighted by molar-refractivity contribution is -0.124. The lowest BCUT2D eigenvalue weighted by atomic mass is 10.1. The molecule has 1 aromatic heterocycles. The molecule has 0 unspecified atom stereocenters. The zero-order valence-electron chi connectivity index (χ0n) is 16.6. The summed E-state index contributed by atoms with van der Waals surface area (Å²) in [5, 5.41) is 9.00. The highest BCUT2D eigenvalue weighted by atomic mass is 35.5. The van der Waals surface area contributed by atoms with Gasteiger partial charge >= 0.3 is 0 Å². The van der Waals surface area contributed by atoms with Crippen LogP contribution in [0.25, 0.3) is 12.2 Å². The first-order valence-corrected chi connectivity index (χ1v) is 9.87. The number of benzene rings is 1. The molecule has 7 nitrogen and oxygen atoms in total. The maximum absolute atomic E-state index is 12.7. The number of aromatic nitrogens is 1. The van der Waals surface area contributed by atoms with Crippen LogP contribution in [0.2, 0.25) is 5.02 Å². The van der Waals surface area contributed by atoms with E-state index in [0.717, 1.165) is 37.4 Å². The van der Waals surface area contributed by atoms with Crippen molar-refractivity contribution in [2.24, 2.45) is 0 Å². The van der Waals surface area contributed by atoms with Gasteiger partial charge in [-0.1, -0.05) is 17.7 Å². The molecule has 0 spiro atoms. The Kier molecular flexibility index (Phi) is 7.35. The molecule has 3 rings (SSSR count). The van der Waals surface area contributed by atoms with Gasteiger partial charge in [0.25, 0.3) is 5.91 Å². The molecule has 2 aromatic rings. The second-order valence-corrected chi connectivity index (χ2v) is 7.45. The quantitative estimate of drug-likeness (QED) is 0.320. The van der Waals surface area contributed by atoms with E-state index in [1.165, 1.54) is 23.7 Å². The molecule has 0 aliphatic carbocycles. The number of hydrogen-bond donors (Lipinski definition) is 2. The minimum absolute atomic E-state index is 0.142. The van der Waals surface area contributed by atoms with Gasteiger partial charge in [-0.3, -0.25) is 19.8 Å². The topological polar surface area (TPSA) is 85.8 Å². The van der Waals surface area contributed by atoms with Crippen LogP contribution in [0.4, 0.5) is 5.69 Å². The van der Waals surface area contributed by atoms with Crippen molar-refractivity contribution in [1.29, 1.82) is 0 Å². The van der Waals surface area contributed by atoms with Gasteiger partial charge in [-0.05, 0) is 55.1 Å². The Bertz CT molecular complexity index is 965. The van der Waals surface area contributed by atoms with Gasteiger partial charge in [-0.25, -0.2) is 5.48 Å². The van der Waals surface area contributed by atoms with E-state index >= 15 is 0 Å². The molecule has 2 heterocycles. The number of rotatable bonds is 6. The molecule has 2 N–H and O–H groups in total. The fourth-order valence-electron chi connectivity index (χ4n) is 3.04. The average Bonchev–Trinajstić information content (AvgIpc) is 2.76. The standard InChI is InChI=1S/C22H23ClN4O3/c1-26-8-10-27(11-9-26)20-13-17(12-18(23)14-20)21(28)6-3-16-2-4-19(24-15-16)5-7-22(29)25-30/h2-7,12-15,30H,8-11H2,1H3,(H,25,29). The van der Waals surface area contributed by atoms with E-state index in [1.54, 1.807) is 30.5 Å². The number of anilines is 1. The lowest BCUT2D eigenvalue weighted by Crippen LogP contribution is -2.44. The smallest absolute Gasteiger partial charge is 0.267 e. The van der Waals surface area contributed by atoms with E-state index in [2.05, 4.69) is 21.8 Å². The van der Waals surface area contributed by atoms with Gasteiger partial charge in [-0.2, -0.15) is 0 Å². The Labute approximate surface area is 180 Å². The molecular weight excluding hydrogens is 404 g/mol. The second-order valence-electron chi connectivity index (χ2n) is 7.01. The number of nitrogens with one attached hydrogen (secondary N) is 1. The Morgan fingerprint density at radius 1 is 1.10 bits per heavy atom. The van der Waals surface area contributed by atoms with Gasteiger partial charge in [0.15, 0.2) is 5.78 Å². The number of nitrogens with zero attached hydrogens (tertiary/aromatic N) is 3. The van der Waals surface area contributed by atoms with Crippen molar-refractivity contribution in [3.63, 3.8) is 0 Å². The van der Waals surface area contributed by atoms with E-state index in [1.807, 2.05) is 12.1 Å². The number of likely N-dealkylation sites (N-methyl/N-ethyl adjacent to an activating group) is 1. The van der Waals surface area contributed by atoms with Crippen LogP contribution in [0.5, 0.6) is 0 Å². The van der Waals surface area contributed by atoms with E-state index < -0.39 is 5.91 Å². The van der Waals surface area contributed by atoms with Gasteiger partial charge in [0.1, 0.15) is 0 Å². The molecule has 8 heteroatoms. The summed E-state index contributed by atoms with van der Waals surface area (Å²) < 4.78 is 0. The predicted octanol–water partition coefficient (Wildman–Crippen LogP) is 2.90. The molecule has 1 fully saturated rings. The van der Waals surface area contributed by atoms with Crippen molar-refractivity contribution in [2.45, 2.75) is 0 Å². The number of amides is 1. The molecule has 0 radical (unpaired) electrons. The molecule has 1 aliphatic heterocycles. The van der Waals surface area contributed by atoms with Crippen LogP contribution >= 0.6 is 11.6 Å². The fraction of sp³-hybridized carbons (Fsp3) is 0.227. The number of allylic oxidation sites excluding steroid dienone is 1. The summed E-state index contributed by atoms with van der Waals surface area (Å²) in [5.41, 5.74) is 4.30. The maximum atomic E-state index is 12.7. The molecule has 1 aliphatic rings. The maximum Gasteiger partial charge on any atom is 0.267 e. The molecule has 1 amide bonds. The lowest BCUT2D eigenvalue weighted by Gasteiger charge is -2.34. The third-order valence-corrected chi connectivity index (χ3v) is 5.01. The van der Waals surface area contributed by atoms with Crippen molar-refractivity contribution >= 4 is 41.1 Å². The highest BCUT2D eigenvalue weighted by Gasteiger charge is 2.16. The van der Waals surface area contributed by atoms with E-state index in [4.69, 9.17) is 16.8 Å². The summed E-state index contributed by atoms with van der Waals surface area (Å²) in [7, 11) is 2.10. The third kappa shape index (κ3) is 6.00. The SMILES string of the molecule is CN1CCN(c2cc(Cl)cc(C(=O)C=Cc3ccc(C=CC(=O)NO)nc3)c2)CC1. The predicted molar refractivity (Wildman–Crippen MR) is 118 cm³/mol. The van der Waals surface area contributed by atoms with Crippen LogP contribution in [0.3, 0.4) is 0 Å². The number of halogens is 1. The number of carbonyl (C=O) groups excluding carboxylic acids is 2.